The van der Waals surface area contributed by atoms with Gasteiger partial charge in [0.05, 0.1) is 12.2 Å². The van der Waals surface area contributed by atoms with Crippen LogP contribution in [0.4, 0.5) is 0 Å². The first-order valence-corrected chi connectivity index (χ1v) is 8.49. The molecule has 1 fully saturated rings. The number of thiazole rings is 1. The van der Waals surface area contributed by atoms with E-state index in [1.165, 1.54) is 0 Å². The van der Waals surface area contributed by atoms with Crippen LogP contribution >= 0.6 is 11.3 Å². The second-order valence-corrected chi connectivity index (χ2v) is 6.53. The summed E-state index contributed by atoms with van der Waals surface area (Å²) in [6.45, 7) is 5.62. The van der Waals surface area contributed by atoms with Crippen LogP contribution in [0.25, 0.3) is 0 Å². The summed E-state index contributed by atoms with van der Waals surface area (Å²) >= 11 is 1.67. The van der Waals surface area contributed by atoms with Gasteiger partial charge in [-0.25, -0.2) is 4.98 Å². The molecule has 6 nitrogen and oxygen atoms in total. The third-order valence-corrected chi connectivity index (χ3v) is 4.89. The van der Waals surface area contributed by atoms with Crippen LogP contribution in [0, 0.1) is 6.92 Å². The second kappa shape index (κ2) is 6.58. The summed E-state index contributed by atoms with van der Waals surface area (Å²) in [5, 5.41) is 14.1. The van der Waals surface area contributed by atoms with Crippen molar-refractivity contribution in [1.29, 1.82) is 0 Å². The molecule has 7 heteroatoms. The van der Waals surface area contributed by atoms with Crippen molar-refractivity contribution < 1.29 is 4.79 Å². The van der Waals surface area contributed by atoms with E-state index in [9.17, 15) is 4.79 Å². The lowest BCUT2D eigenvalue weighted by atomic mass is 9.94. The van der Waals surface area contributed by atoms with Gasteiger partial charge in [-0.15, -0.1) is 11.3 Å². The normalized spacial score (nSPS) is 21.8. The Morgan fingerprint density at radius 2 is 2.41 bits per heavy atom. The molecule has 22 heavy (non-hydrogen) atoms. The maximum Gasteiger partial charge on any atom is 0.220 e. The lowest BCUT2D eigenvalue weighted by Crippen LogP contribution is -2.48. The number of aryl methyl sites for hydroxylation is 2. The minimum Gasteiger partial charge on any atom is -0.348 e. The molecule has 0 spiro atoms. The van der Waals surface area contributed by atoms with Gasteiger partial charge in [0.15, 0.2) is 0 Å². The minimum atomic E-state index is -0.0254. The van der Waals surface area contributed by atoms with Crippen LogP contribution in [0.15, 0.2) is 17.8 Å². The van der Waals surface area contributed by atoms with Gasteiger partial charge in [0.25, 0.3) is 0 Å². The van der Waals surface area contributed by atoms with Crippen LogP contribution in [0.1, 0.15) is 42.1 Å². The van der Waals surface area contributed by atoms with Gasteiger partial charge < -0.3 is 10.6 Å². The number of amides is 1. The summed E-state index contributed by atoms with van der Waals surface area (Å²) in [6.07, 6.45) is 5.26. The van der Waals surface area contributed by atoms with Crippen LogP contribution in [-0.2, 0) is 17.9 Å². The number of nitrogens with zero attached hydrogens (tertiary/aromatic N) is 3. The van der Waals surface area contributed by atoms with Crippen LogP contribution < -0.4 is 10.6 Å². The number of hydrogen-bond acceptors (Lipinski definition) is 5. The fourth-order valence-electron chi connectivity index (χ4n) is 2.75. The number of rotatable bonds is 5. The van der Waals surface area contributed by atoms with Crippen molar-refractivity contribution in [2.75, 3.05) is 0 Å². The third kappa shape index (κ3) is 3.36. The molecule has 3 heterocycles. The van der Waals surface area contributed by atoms with Crippen LogP contribution in [0.2, 0.25) is 0 Å². The second-order valence-electron chi connectivity index (χ2n) is 5.58. The van der Waals surface area contributed by atoms with Crippen molar-refractivity contribution in [2.45, 2.75) is 51.9 Å². The van der Waals surface area contributed by atoms with Crippen molar-refractivity contribution in [1.82, 2.24) is 25.4 Å². The standard InChI is InChI=1S/C15H21N5OS/c1-3-20-8-11(6-17-20)15-12(4-5-13(21)19-15)16-7-14-18-10(2)9-22-14/h6,8-9,12,15-16H,3-5,7H2,1-2H3,(H,19,21)/t12-,15+/m1/s1. The summed E-state index contributed by atoms with van der Waals surface area (Å²) in [4.78, 5) is 16.2. The van der Waals surface area contributed by atoms with Crippen LogP contribution in [-0.4, -0.2) is 26.7 Å². The summed E-state index contributed by atoms with van der Waals surface area (Å²) in [7, 11) is 0. The van der Waals surface area contributed by atoms with Gasteiger partial charge in [-0.1, -0.05) is 0 Å². The highest BCUT2D eigenvalue weighted by Gasteiger charge is 2.30. The Kier molecular flexibility index (Phi) is 4.54. The lowest BCUT2D eigenvalue weighted by Gasteiger charge is -2.32. The van der Waals surface area contributed by atoms with Crippen molar-refractivity contribution in [2.24, 2.45) is 0 Å². The Bertz CT molecular complexity index is 650. The molecular formula is C15H21N5OS. The molecule has 1 amide bonds. The zero-order valence-corrected chi connectivity index (χ0v) is 13.7. The minimum absolute atomic E-state index is 0.0254. The van der Waals surface area contributed by atoms with E-state index in [1.807, 2.05) is 24.0 Å². The zero-order valence-electron chi connectivity index (χ0n) is 12.9. The number of aromatic nitrogens is 3. The van der Waals surface area contributed by atoms with E-state index in [1.54, 1.807) is 11.3 Å². The van der Waals surface area contributed by atoms with Gasteiger partial charge in [0.2, 0.25) is 5.91 Å². The van der Waals surface area contributed by atoms with Gasteiger partial charge in [-0.2, -0.15) is 5.10 Å². The molecule has 0 aliphatic carbocycles. The fourth-order valence-corrected chi connectivity index (χ4v) is 3.47. The summed E-state index contributed by atoms with van der Waals surface area (Å²) in [6, 6.07) is 0.180. The molecule has 0 aromatic carbocycles. The molecule has 3 rings (SSSR count). The van der Waals surface area contributed by atoms with E-state index in [2.05, 4.69) is 33.0 Å². The smallest absolute Gasteiger partial charge is 0.220 e. The first kappa shape index (κ1) is 15.2. The van der Waals surface area contributed by atoms with Gasteiger partial charge >= 0.3 is 0 Å². The van der Waals surface area contributed by atoms with E-state index < -0.39 is 0 Å². The summed E-state index contributed by atoms with van der Waals surface area (Å²) in [5.41, 5.74) is 2.11. The van der Waals surface area contributed by atoms with Crippen molar-refractivity contribution in [3.8, 4) is 0 Å². The maximum absolute atomic E-state index is 11.8. The molecule has 118 valence electrons. The molecule has 2 aromatic heterocycles. The molecule has 2 aromatic rings. The average Bonchev–Trinajstić information content (AvgIpc) is 3.14. The number of nitrogens with one attached hydrogen (secondary N) is 2. The van der Waals surface area contributed by atoms with E-state index in [4.69, 9.17) is 0 Å². The highest BCUT2D eigenvalue weighted by atomic mass is 32.1. The molecule has 1 aliphatic heterocycles. The highest BCUT2D eigenvalue weighted by molar-refractivity contribution is 7.09. The monoisotopic (exact) mass is 319 g/mol. The molecule has 0 radical (unpaired) electrons. The quantitative estimate of drug-likeness (QED) is 0.881. The largest absolute Gasteiger partial charge is 0.348 e. The molecule has 2 atom stereocenters. The summed E-state index contributed by atoms with van der Waals surface area (Å²) < 4.78 is 1.89. The number of piperidine rings is 1. The zero-order chi connectivity index (χ0) is 15.5. The van der Waals surface area contributed by atoms with E-state index >= 15 is 0 Å². The Labute approximate surface area is 133 Å². The van der Waals surface area contributed by atoms with Gasteiger partial charge in [-0.3, -0.25) is 9.48 Å². The number of carbonyl (C=O) groups excluding carboxylic acids is 1. The third-order valence-electron chi connectivity index (χ3n) is 3.92. The van der Waals surface area contributed by atoms with Crippen LogP contribution in [0.3, 0.4) is 0 Å². The number of carbonyl (C=O) groups is 1. The fraction of sp³-hybridized carbons (Fsp3) is 0.533. The van der Waals surface area contributed by atoms with E-state index in [0.717, 1.165) is 35.8 Å². The molecule has 0 saturated carbocycles. The SMILES string of the molecule is CCn1cc([C@@H]2NC(=O)CC[C@H]2NCc2nc(C)cs2)cn1. The van der Waals surface area contributed by atoms with Crippen LogP contribution in [0.5, 0.6) is 0 Å². The lowest BCUT2D eigenvalue weighted by molar-refractivity contribution is -0.123. The predicted molar refractivity (Wildman–Crippen MR) is 85.5 cm³/mol. The predicted octanol–water partition coefficient (Wildman–Crippen LogP) is 1.78. The molecule has 0 bridgehead atoms. The topological polar surface area (TPSA) is 71.8 Å². The molecule has 2 N–H and O–H groups in total. The van der Waals surface area contributed by atoms with Gasteiger partial charge in [-0.05, 0) is 20.3 Å². The number of hydrogen-bond donors (Lipinski definition) is 2. The average molecular weight is 319 g/mol. The van der Waals surface area contributed by atoms with Crippen molar-refractivity contribution in [3.05, 3.63) is 34.0 Å². The van der Waals surface area contributed by atoms with Crippen molar-refractivity contribution >= 4 is 17.2 Å². The Morgan fingerprint density at radius 3 is 3.09 bits per heavy atom. The van der Waals surface area contributed by atoms with Gasteiger partial charge in [0.1, 0.15) is 5.01 Å². The highest BCUT2D eigenvalue weighted by Crippen LogP contribution is 2.24. The molecule has 1 aliphatic rings. The maximum atomic E-state index is 11.8. The van der Waals surface area contributed by atoms with E-state index in [0.29, 0.717) is 6.42 Å². The Hall–Kier alpha value is -1.73. The van der Waals surface area contributed by atoms with Crippen molar-refractivity contribution in [3.63, 3.8) is 0 Å². The summed E-state index contributed by atoms with van der Waals surface area (Å²) in [5.74, 6) is 0.109. The van der Waals surface area contributed by atoms with E-state index in [-0.39, 0.29) is 18.0 Å². The Morgan fingerprint density at radius 1 is 1.55 bits per heavy atom. The Balaban J connectivity index is 1.70. The molecule has 1 saturated heterocycles. The molecular weight excluding hydrogens is 298 g/mol. The first-order valence-electron chi connectivity index (χ1n) is 7.62. The van der Waals surface area contributed by atoms with Gasteiger partial charge in [0, 0.05) is 48.4 Å². The first-order chi connectivity index (χ1) is 10.7. The molecule has 0 unspecified atom stereocenters.